The van der Waals surface area contributed by atoms with Crippen LogP contribution in [-0.4, -0.2) is 34.1 Å². The molecule has 0 bridgehead atoms. The van der Waals surface area contributed by atoms with Crippen LogP contribution in [-0.2, 0) is 9.59 Å². The van der Waals surface area contributed by atoms with E-state index in [1.165, 1.54) is 56.3 Å². The number of rotatable bonds is 3. The zero-order chi connectivity index (χ0) is 20.8. The number of thioether (sulfide) groups is 1. The number of carbonyl (C=O) groups is 3. The van der Waals surface area contributed by atoms with Crippen molar-refractivity contribution in [3.05, 3.63) is 0 Å². The van der Waals surface area contributed by atoms with Gasteiger partial charge >= 0.3 is 0 Å². The topological polar surface area (TPSA) is 54.5 Å². The number of ketones is 1. The molecule has 5 saturated carbocycles. The summed E-state index contributed by atoms with van der Waals surface area (Å²) in [6, 6.07) is 0. The van der Waals surface area contributed by atoms with Crippen LogP contribution in [0.3, 0.4) is 0 Å². The zero-order valence-electron chi connectivity index (χ0n) is 18.3. The summed E-state index contributed by atoms with van der Waals surface area (Å²) in [5, 5.41) is -0.228. The zero-order valence-corrected chi connectivity index (χ0v) is 19.2. The third-order valence-corrected chi connectivity index (χ3v) is 11.4. The lowest BCUT2D eigenvalue weighted by Crippen LogP contribution is -2.51. The number of hydrogen-bond donors (Lipinski definition) is 0. The van der Waals surface area contributed by atoms with E-state index >= 15 is 0 Å². The molecular formula is C25H35NO3S. The number of amides is 2. The highest BCUT2D eigenvalue weighted by Gasteiger charge is 2.70. The number of nitrogens with zero attached hydrogens (tertiary/aromatic N) is 1. The molecule has 0 aromatic heterocycles. The van der Waals surface area contributed by atoms with Gasteiger partial charge in [0.25, 0.3) is 5.24 Å². The minimum atomic E-state index is -0.228. The first kappa shape index (κ1) is 19.8. The lowest BCUT2D eigenvalue weighted by molar-refractivity contribution is -0.137. The molecule has 0 aromatic carbocycles. The van der Waals surface area contributed by atoms with Crippen LogP contribution in [0.1, 0.15) is 65.2 Å². The molecular weight excluding hydrogens is 394 g/mol. The van der Waals surface area contributed by atoms with Crippen molar-refractivity contribution in [1.29, 1.82) is 0 Å². The summed E-state index contributed by atoms with van der Waals surface area (Å²) in [5.41, 5.74) is 0.0968. The van der Waals surface area contributed by atoms with Crippen molar-refractivity contribution in [3.8, 4) is 0 Å². The van der Waals surface area contributed by atoms with E-state index in [1.54, 1.807) is 0 Å². The maximum Gasteiger partial charge on any atom is 0.289 e. The molecule has 6 rings (SSSR count). The van der Waals surface area contributed by atoms with Crippen LogP contribution in [0.25, 0.3) is 0 Å². The van der Waals surface area contributed by atoms with Gasteiger partial charge in [0.2, 0.25) is 5.91 Å². The fraction of sp³-hybridized carbons (Fsp3) is 0.880. The van der Waals surface area contributed by atoms with E-state index in [2.05, 4.69) is 13.8 Å². The summed E-state index contributed by atoms with van der Waals surface area (Å²) >= 11 is 1.04. The van der Waals surface area contributed by atoms with Gasteiger partial charge in [-0.3, -0.25) is 19.3 Å². The maximum absolute atomic E-state index is 13.5. The molecule has 1 aliphatic heterocycles. The van der Waals surface area contributed by atoms with Gasteiger partial charge in [-0.05, 0) is 97.7 Å². The maximum atomic E-state index is 13.5. The Labute approximate surface area is 184 Å². The van der Waals surface area contributed by atoms with Crippen LogP contribution >= 0.6 is 11.8 Å². The fourth-order valence-electron chi connectivity index (χ4n) is 9.45. The van der Waals surface area contributed by atoms with Crippen molar-refractivity contribution in [3.63, 3.8) is 0 Å². The molecule has 5 aliphatic carbocycles. The predicted molar refractivity (Wildman–Crippen MR) is 117 cm³/mol. The molecule has 0 aromatic rings. The van der Waals surface area contributed by atoms with Crippen LogP contribution in [0.4, 0.5) is 4.79 Å². The molecule has 30 heavy (non-hydrogen) atoms. The molecule has 0 radical (unpaired) electrons. The highest BCUT2D eigenvalue weighted by molar-refractivity contribution is 8.14. The molecule has 6 fully saturated rings. The summed E-state index contributed by atoms with van der Waals surface area (Å²) in [6.45, 7) is 4.87. The van der Waals surface area contributed by atoms with Crippen molar-refractivity contribution in [1.82, 2.24) is 4.90 Å². The average Bonchev–Trinajstić information content (AvgIpc) is 3.33. The number of imide groups is 1. The number of Topliss-reactive ketones (excluding diaryl/α,β-unsaturated/α-hetero) is 1. The Kier molecular flexibility index (Phi) is 4.51. The van der Waals surface area contributed by atoms with E-state index in [0.29, 0.717) is 11.8 Å². The third kappa shape index (κ3) is 2.75. The highest BCUT2D eigenvalue weighted by Crippen LogP contribution is 2.74. The Bertz CT molecular complexity index is 781. The van der Waals surface area contributed by atoms with Gasteiger partial charge in [0.15, 0.2) is 5.78 Å². The van der Waals surface area contributed by atoms with Gasteiger partial charge in [0.05, 0.1) is 12.3 Å². The Morgan fingerprint density at radius 3 is 2.57 bits per heavy atom. The largest absolute Gasteiger partial charge is 0.297 e. The molecule has 6 aliphatic rings. The monoisotopic (exact) mass is 429 g/mol. The Morgan fingerprint density at radius 1 is 1.00 bits per heavy atom. The predicted octanol–water partition coefficient (Wildman–Crippen LogP) is 5.01. The van der Waals surface area contributed by atoms with Crippen molar-refractivity contribution in [2.24, 2.45) is 58.7 Å². The van der Waals surface area contributed by atoms with Gasteiger partial charge in [-0.2, -0.15) is 0 Å². The van der Waals surface area contributed by atoms with Crippen molar-refractivity contribution in [2.45, 2.75) is 65.2 Å². The molecule has 1 saturated heterocycles. The molecule has 10 atom stereocenters. The van der Waals surface area contributed by atoms with E-state index in [4.69, 9.17) is 0 Å². The van der Waals surface area contributed by atoms with Gasteiger partial charge in [-0.25, -0.2) is 0 Å². The number of fused-ring (bicyclic) bond motifs is 7. The number of hydrogen-bond acceptors (Lipinski definition) is 4. The molecule has 5 heteroatoms. The normalized spacial score (nSPS) is 51.8. The molecule has 0 N–H and O–H groups in total. The Morgan fingerprint density at radius 2 is 1.80 bits per heavy atom. The van der Waals surface area contributed by atoms with E-state index in [9.17, 15) is 14.4 Å². The Hall–Kier alpha value is -0.840. The number of carbonyl (C=O) groups excluding carboxylic acids is 3. The molecule has 4 nitrogen and oxygen atoms in total. The summed E-state index contributed by atoms with van der Waals surface area (Å²) in [5.74, 6) is 6.74. The standard InChI is InChI=1S/C25H35NO3S/c1-13-3-5-15-14(9-13)4-6-17-16(15)7-8-25(2)22(17)18-10-19(18)23(25)20(27)11-26-21(28)12-30-24(26)29/h13-19,22-23H,3-12H2,1-2H3/t13-,14+,15-,16+,17+,18+,19-,22?,23+,25-/m0/s1. The van der Waals surface area contributed by atoms with E-state index in [1.807, 2.05) is 0 Å². The van der Waals surface area contributed by atoms with E-state index in [-0.39, 0.29) is 40.6 Å². The van der Waals surface area contributed by atoms with Gasteiger partial charge in [0, 0.05) is 5.92 Å². The lowest BCUT2D eigenvalue weighted by Gasteiger charge is -2.57. The fourth-order valence-corrected chi connectivity index (χ4v) is 10.2. The van der Waals surface area contributed by atoms with Gasteiger partial charge < -0.3 is 0 Å². The summed E-state index contributed by atoms with van der Waals surface area (Å²) < 4.78 is 0. The van der Waals surface area contributed by atoms with Crippen LogP contribution < -0.4 is 0 Å². The third-order valence-electron chi connectivity index (χ3n) is 10.5. The average molecular weight is 430 g/mol. The summed E-state index contributed by atoms with van der Waals surface area (Å²) in [7, 11) is 0. The second kappa shape index (κ2) is 6.83. The summed E-state index contributed by atoms with van der Waals surface area (Å²) in [6.07, 6.45) is 10.8. The minimum absolute atomic E-state index is 0.0253. The smallest absolute Gasteiger partial charge is 0.289 e. The molecule has 0 spiro atoms. The first-order chi connectivity index (χ1) is 14.4. The van der Waals surface area contributed by atoms with Crippen molar-refractivity contribution in [2.75, 3.05) is 12.3 Å². The van der Waals surface area contributed by atoms with Gasteiger partial charge in [0.1, 0.15) is 0 Å². The SMILES string of the molecule is C[C@H]1CC[C@H]2[C@H](CC[C@H]3C4[C@@H]5C[C@@H]5[C@H](C(=O)CN5C(=O)CSC5=O)[C@@]4(C)CC[C@H]23)C1. The Balaban J connectivity index is 1.23. The highest BCUT2D eigenvalue weighted by atomic mass is 32.2. The van der Waals surface area contributed by atoms with Crippen molar-refractivity contribution >= 4 is 28.7 Å². The van der Waals surface area contributed by atoms with E-state index < -0.39 is 0 Å². The second-order valence-electron chi connectivity index (χ2n) is 11.9. The lowest BCUT2D eigenvalue weighted by atomic mass is 9.48. The van der Waals surface area contributed by atoms with Crippen LogP contribution in [0.15, 0.2) is 0 Å². The van der Waals surface area contributed by atoms with E-state index in [0.717, 1.165) is 47.3 Å². The first-order valence-corrected chi connectivity index (χ1v) is 13.4. The molecule has 2 amide bonds. The minimum Gasteiger partial charge on any atom is -0.297 e. The van der Waals surface area contributed by atoms with Crippen LogP contribution in [0, 0.1) is 58.7 Å². The molecule has 164 valence electrons. The molecule has 1 unspecified atom stereocenters. The van der Waals surface area contributed by atoms with Gasteiger partial charge in [-0.15, -0.1) is 0 Å². The van der Waals surface area contributed by atoms with Crippen molar-refractivity contribution < 1.29 is 14.4 Å². The second-order valence-corrected chi connectivity index (χ2v) is 12.8. The quantitative estimate of drug-likeness (QED) is 0.633. The van der Waals surface area contributed by atoms with Gasteiger partial charge in [-0.1, -0.05) is 32.0 Å². The van der Waals surface area contributed by atoms with Crippen LogP contribution in [0.2, 0.25) is 0 Å². The summed E-state index contributed by atoms with van der Waals surface area (Å²) in [4.78, 5) is 38.8. The first-order valence-electron chi connectivity index (χ1n) is 12.4. The van der Waals surface area contributed by atoms with Crippen LogP contribution in [0.5, 0.6) is 0 Å². The molecule has 1 heterocycles.